The smallest absolute Gasteiger partial charge is 0.254 e. The van der Waals surface area contributed by atoms with E-state index >= 15 is 0 Å². The van der Waals surface area contributed by atoms with Crippen LogP contribution in [-0.4, -0.2) is 65.8 Å². The number of fused-ring (bicyclic) bond motifs is 1. The maximum absolute atomic E-state index is 13.3. The van der Waals surface area contributed by atoms with Gasteiger partial charge in [0, 0.05) is 39.2 Å². The second kappa shape index (κ2) is 7.35. The first-order chi connectivity index (χ1) is 13.8. The summed E-state index contributed by atoms with van der Waals surface area (Å²) < 4.78 is 0. The van der Waals surface area contributed by atoms with E-state index in [0.717, 1.165) is 31.4 Å². The molecule has 1 N–H and O–H groups in total. The number of likely N-dealkylation sites (N-methyl/N-ethyl adjacent to an activating group) is 1. The normalized spacial score (nSPS) is 23.6. The molecule has 29 heavy (non-hydrogen) atoms. The Hall–Kier alpha value is -2.57. The maximum atomic E-state index is 13.3. The molecule has 1 aromatic carbocycles. The van der Waals surface area contributed by atoms with Gasteiger partial charge in [0.25, 0.3) is 5.91 Å². The monoisotopic (exact) mass is 398 g/mol. The predicted octanol–water partition coefficient (Wildman–Crippen LogP) is 2.47. The Bertz CT molecular complexity index is 846. The van der Waals surface area contributed by atoms with Gasteiger partial charge in [-0.25, -0.2) is 0 Å². The quantitative estimate of drug-likeness (QED) is 0.789. The molecule has 0 aromatic heterocycles. The molecule has 2 fully saturated rings. The van der Waals surface area contributed by atoms with Crippen LogP contribution in [0, 0.1) is 0 Å². The molecule has 0 bridgehead atoms. The molecule has 1 aliphatic carbocycles. The van der Waals surface area contributed by atoms with E-state index in [-0.39, 0.29) is 29.3 Å². The lowest BCUT2D eigenvalue weighted by atomic mass is 9.78. The first-order valence-corrected chi connectivity index (χ1v) is 10.6. The van der Waals surface area contributed by atoms with E-state index < -0.39 is 0 Å². The first-order valence-electron chi connectivity index (χ1n) is 10.6. The summed E-state index contributed by atoms with van der Waals surface area (Å²) in [6.07, 6.45) is 5.30. The maximum Gasteiger partial charge on any atom is 0.254 e. The molecular weight excluding hydrogens is 368 g/mol. The fraction of sp³-hybridized carbons (Fsp3) is 0.591. The highest BCUT2D eigenvalue weighted by molar-refractivity contribution is 6.05. The number of hydrogen-bond acceptors (Lipinski definition) is 4. The van der Waals surface area contributed by atoms with Crippen molar-refractivity contribution in [3.05, 3.63) is 23.8 Å². The first kappa shape index (κ1) is 19.7. The van der Waals surface area contributed by atoms with Gasteiger partial charge in [-0.2, -0.15) is 0 Å². The van der Waals surface area contributed by atoms with Crippen molar-refractivity contribution < 1.29 is 14.4 Å². The highest BCUT2D eigenvalue weighted by atomic mass is 16.2. The van der Waals surface area contributed by atoms with Crippen LogP contribution < -0.4 is 10.2 Å². The standard InChI is InChI=1S/C22H30N4O3/c1-15-20(28)23-18-13-17(7-8-19(18)24(15)3)21(29)25-11-12-26(16(2)27)22(14-25)9-5-4-6-10-22/h7-8,13,15H,4-6,9-12,14H2,1-3H3,(H,23,28). The van der Waals surface area contributed by atoms with E-state index in [1.807, 2.05) is 40.8 Å². The van der Waals surface area contributed by atoms with Gasteiger partial charge >= 0.3 is 0 Å². The number of hydrogen-bond donors (Lipinski definition) is 1. The number of anilines is 2. The summed E-state index contributed by atoms with van der Waals surface area (Å²) in [4.78, 5) is 43.5. The predicted molar refractivity (Wildman–Crippen MR) is 112 cm³/mol. The molecule has 7 nitrogen and oxygen atoms in total. The highest BCUT2D eigenvalue weighted by Crippen LogP contribution is 2.38. The highest BCUT2D eigenvalue weighted by Gasteiger charge is 2.45. The molecule has 156 valence electrons. The topological polar surface area (TPSA) is 73.0 Å². The van der Waals surface area contributed by atoms with E-state index in [9.17, 15) is 14.4 Å². The van der Waals surface area contributed by atoms with Crippen molar-refractivity contribution in [3.8, 4) is 0 Å². The van der Waals surface area contributed by atoms with Crippen molar-refractivity contribution in [2.75, 3.05) is 36.9 Å². The van der Waals surface area contributed by atoms with Gasteiger partial charge in [0.2, 0.25) is 11.8 Å². The Balaban J connectivity index is 1.58. The Morgan fingerprint density at radius 3 is 2.55 bits per heavy atom. The minimum absolute atomic E-state index is 0.0310. The number of piperazine rings is 1. The van der Waals surface area contributed by atoms with Gasteiger partial charge in [-0.3, -0.25) is 14.4 Å². The molecule has 2 heterocycles. The number of benzene rings is 1. The van der Waals surface area contributed by atoms with Crippen LogP contribution >= 0.6 is 0 Å². The lowest BCUT2D eigenvalue weighted by Gasteiger charge is -2.52. The Morgan fingerprint density at radius 1 is 1.14 bits per heavy atom. The van der Waals surface area contributed by atoms with Crippen LogP contribution in [0.5, 0.6) is 0 Å². The minimum atomic E-state index is -0.241. The molecule has 1 atom stereocenters. The molecule has 3 amide bonds. The van der Waals surface area contributed by atoms with Crippen LogP contribution in [0.25, 0.3) is 0 Å². The third-order valence-electron chi connectivity index (χ3n) is 6.94. The molecule has 1 unspecified atom stereocenters. The summed E-state index contributed by atoms with van der Waals surface area (Å²) in [5.41, 5.74) is 1.94. The number of carbonyl (C=O) groups is 3. The molecule has 1 aromatic rings. The number of carbonyl (C=O) groups excluding carboxylic acids is 3. The van der Waals surface area contributed by atoms with Gasteiger partial charge in [0.1, 0.15) is 6.04 Å². The zero-order valence-corrected chi connectivity index (χ0v) is 17.5. The molecule has 7 heteroatoms. The van der Waals surface area contributed by atoms with Crippen LogP contribution in [0.1, 0.15) is 56.3 Å². The van der Waals surface area contributed by atoms with E-state index in [1.165, 1.54) is 6.42 Å². The van der Waals surface area contributed by atoms with E-state index in [4.69, 9.17) is 0 Å². The largest absolute Gasteiger partial charge is 0.361 e. The van der Waals surface area contributed by atoms with E-state index in [1.54, 1.807) is 13.0 Å². The van der Waals surface area contributed by atoms with Crippen LogP contribution in [0.3, 0.4) is 0 Å². The van der Waals surface area contributed by atoms with Gasteiger partial charge in [0.15, 0.2) is 0 Å². The lowest BCUT2D eigenvalue weighted by Crippen LogP contribution is -2.65. The fourth-order valence-electron chi connectivity index (χ4n) is 5.16. The zero-order chi connectivity index (χ0) is 20.8. The summed E-state index contributed by atoms with van der Waals surface area (Å²) >= 11 is 0. The van der Waals surface area contributed by atoms with Crippen molar-refractivity contribution in [1.82, 2.24) is 9.80 Å². The third-order valence-corrected chi connectivity index (χ3v) is 6.94. The van der Waals surface area contributed by atoms with Crippen LogP contribution in [0.2, 0.25) is 0 Å². The second-order valence-electron chi connectivity index (χ2n) is 8.69. The molecule has 1 saturated carbocycles. The van der Waals surface area contributed by atoms with Crippen molar-refractivity contribution in [1.29, 1.82) is 0 Å². The molecular formula is C22H30N4O3. The number of nitrogens with one attached hydrogen (secondary N) is 1. The second-order valence-corrected chi connectivity index (χ2v) is 8.69. The van der Waals surface area contributed by atoms with Crippen molar-refractivity contribution in [3.63, 3.8) is 0 Å². The van der Waals surface area contributed by atoms with Crippen molar-refractivity contribution in [2.45, 2.75) is 57.5 Å². The van der Waals surface area contributed by atoms with E-state index in [2.05, 4.69) is 5.32 Å². The van der Waals surface area contributed by atoms with Gasteiger partial charge in [-0.15, -0.1) is 0 Å². The minimum Gasteiger partial charge on any atom is -0.361 e. The zero-order valence-electron chi connectivity index (χ0n) is 17.5. The molecule has 2 aliphatic heterocycles. The molecule has 4 rings (SSSR count). The van der Waals surface area contributed by atoms with Crippen molar-refractivity contribution in [2.24, 2.45) is 0 Å². The molecule has 1 spiro atoms. The average molecular weight is 399 g/mol. The molecule has 0 radical (unpaired) electrons. The van der Waals surface area contributed by atoms with Gasteiger partial charge < -0.3 is 20.0 Å². The fourth-order valence-corrected chi connectivity index (χ4v) is 5.16. The Labute approximate surface area is 172 Å². The lowest BCUT2D eigenvalue weighted by molar-refractivity contribution is -0.141. The summed E-state index contributed by atoms with van der Waals surface area (Å²) in [7, 11) is 1.89. The molecule has 1 saturated heterocycles. The van der Waals surface area contributed by atoms with E-state index in [0.29, 0.717) is 30.9 Å². The summed E-state index contributed by atoms with van der Waals surface area (Å²) in [5, 5.41) is 2.91. The van der Waals surface area contributed by atoms with Gasteiger partial charge in [-0.1, -0.05) is 19.3 Å². The third kappa shape index (κ3) is 3.36. The molecule has 3 aliphatic rings. The summed E-state index contributed by atoms with van der Waals surface area (Å²) in [5.74, 6) is 0.00459. The van der Waals surface area contributed by atoms with Crippen LogP contribution in [0.4, 0.5) is 11.4 Å². The van der Waals surface area contributed by atoms with Crippen LogP contribution in [-0.2, 0) is 9.59 Å². The number of amides is 3. The average Bonchev–Trinajstić information content (AvgIpc) is 2.71. The van der Waals surface area contributed by atoms with Gasteiger partial charge in [-0.05, 0) is 38.0 Å². The van der Waals surface area contributed by atoms with Crippen molar-refractivity contribution >= 4 is 29.1 Å². The number of nitrogens with zero attached hydrogens (tertiary/aromatic N) is 3. The SMILES string of the molecule is CC(=O)N1CCN(C(=O)c2ccc3c(c2)NC(=O)C(C)N3C)CC12CCCCC2. The summed E-state index contributed by atoms with van der Waals surface area (Å²) in [6.45, 7) is 5.21. The van der Waals surface area contributed by atoms with Gasteiger partial charge in [0.05, 0.1) is 16.9 Å². The Morgan fingerprint density at radius 2 is 1.86 bits per heavy atom. The van der Waals surface area contributed by atoms with Crippen LogP contribution in [0.15, 0.2) is 18.2 Å². The number of rotatable bonds is 1. The summed E-state index contributed by atoms with van der Waals surface area (Å²) in [6, 6.07) is 5.28. The Kier molecular flexibility index (Phi) is 5.00.